The molecule has 0 unspecified atom stereocenters. The molecule has 6 heteroatoms. The van der Waals surface area contributed by atoms with E-state index in [4.69, 9.17) is 5.11 Å². The van der Waals surface area contributed by atoms with Gasteiger partial charge in [0.1, 0.15) is 5.75 Å². The van der Waals surface area contributed by atoms with Crippen LogP contribution in [0, 0.1) is 0 Å². The number of hydrogen-bond acceptors (Lipinski definition) is 2. The average Bonchev–Trinajstić information content (AvgIpc) is 2.37. The fourth-order valence-corrected chi connectivity index (χ4v) is 1.85. The van der Waals surface area contributed by atoms with Crippen LogP contribution in [0.5, 0.6) is 5.75 Å². The van der Waals surface area contributed by atoms with Crippen LogP contribution in [0.15, 0.2) is 42.5 Å². The third kappa shape index (κ3) is 2.74. The van der Waals surface area contributed by atoms with Gasteiger partial charge in [-0.25, -0.2) is 4.79 Å². The first kappa shape index (κ1) is 13.9. The predicted molar refractivity (Wildman–Crippen MR) is 65.5 cm³/mol. The molecule has 2 aromatic rings. The Morgan fingerprint density at radius 1 is 1.05 bits per heavy atom. The zero-order valence-corrected chi connectivity index (χ0v) is 9.98. The van der Waals surface area contributed by atoms with Gasteiger partial charge >= 0.3 is 12.1 Å². The Balaban J connectivity index is 2.65. The van der Waals surface area contributed by atoms with Crippen LogP contribution in [0.4, 0.5) is 13.2 Å². The molecule has 104 valence electrons. The largest absolute Gasteiger partial charge is 0.508 e. The summed E-state index contributed by atoms with van der Waals surface area (Å²) in [7, 11) is 0. The molecule has 0 heterocycles. The van der Waals surface area contributed by atoms with Crippen LogP contribution in [0.3, 0.4) is 0 Å². The summed E-state index contributed by atoms with van der Waals surface area (Å²) in [5, 5.41) is 18.4. The maximum absolute atomic E-state index is 12.7. The molecule has 0 amide bonds. The second kappa shape index (κ2) is 4.88. The third-order valence-corrected chi connectivity index (χ3v) is 2.71. The van der Waals surface area contributed by atoms with Crippen molar-refractivity contribution in [3.8, 4) is 16.9 Å². The van der Waals surface area contributed by atoms with Crippen molar-refractivity contribution in [2.24, 2.45) is 0 Å². The Kier molecular flexibility index (Phi) is 3.40. The first-order valence-electron chi connectivity index (χ1n) is 5.53. The zero-order chi connectivity index (χ0) is 14.9. The van der Waals surface area contributed by atoms with E-state index >= 15 is 0 Å². The molecule has 0 aromatic heterocycles. The first-order chi connectivity index (χ1) is 9.29. The van der Waals surface area contributed by atoms with Gasteiger partial charge in [0.15, 0.2) is 0 Å². The Labute approximate surface area is 111 Å². The number of benzene rings is 2. The highest BCUT2D eigenvalue weighted by Gasteiger charge is 2.31. The van der Waals surface area contributed by atoms with Crippen molar-refractivity contribution >= 4 is 5.97 Å². The molecule has 2 N–H and O–H groups in total. The lowest BCUT2D eigenvalue weighted by atomic mass is 9.97. The average molecular weight is 282 g/mol. The Morgan fingerprint density at radius 2 is 1.70 bits per heavy atom. The second-order valence-corrected chi connectivity index (χ2v) is 4.12. The van der Waals surface area contributed by atoms with Crippen molar-refractivity contribution < 1.29 is 28.2 Å². The monoisotopic (exact) mass is 282 g/mol. The molecule has 0 spiro atoms. The molecule has 0 radical (unpaired) electrons. The predicted octanol–water partition coefficient (Wildman–Crippen LogP) is 3.78. The van der Waals surface area contributed by atoms with Gasteiger partial charge in [0, 0.05) is 0 Å². The minimum absolute atomic E-state index is 0.00433. The molecule has 3 nitrogen and oxygen atoms in total. The Morgan fingerprint density at radius 3 is 2.30 bits per heavy atom. The van der Waals surface area contributed by atoms with Crippen molar-refractivity contribution in [2.75, 3.05) is 0 Å². The van der Waals surface area contributed by atoms with Gasteiger partial charge in [0.05, 0.1) is 11.1 Å². The van der Waals surface area contributed by atoms with E-state index < -0.39 is 23.5 Å². The van der Waals surface area contributed by atoms with E-state index in [0.717, 1.165) is 12.1 Å². The first-order valence-corrected chi connectivity index (χ1v) is 5.53. The zero-order valence-electron chi connectivity index (χ0n) is 9.98. The van der Waals surface area contributed by atoms with Gasteiger partial charge in [-0.3, -0.25) is 0 Å². The normalized spacial score (nSPS) is 11.3. The van der Waals surface area contributed by atoms with Crippen molar-refractivity contribution in [3.63, 3.8) is 0 Å². The molecule has 20 heavy (non-hydrogen) atoms. The van der Waals surface area contributed by atoms with Crippen molar-refractivity contribution in [1.82, 2.24) is 0 Å². The van der Waals surface area contributed by atoms with Crippen LogP contribution in [0.25, 0.3) is 11.1 Å². The fraction of sp³-hybridized carbons (Fsp3) is 0.0714. The van der Waals surface area contributed by atoms with Crippen LogP contribution >= 0.6 is 0 Å². The summed E-state index contributed by atoms with van der Waals surface area (Å²) >= 11 is 0. The molecule has 0 saturated heterocycles. The van der Waals surface area contributed by atoms with E-state index in [9.17, 15) is 23.1 Å². The van der Waals surface area contributed by atoms with E-state index in [2.05, 4.69) is 0 Å². The summed E-state index contributed by atoms with van der Waals surface area (Å²) in [6.07, 6.45) is -4.62. The van der Waals surface area contributed by atoms with Crippen LogP contribution in [0.1, 0.15) is 15.9 Å². The molecular formula is C14H9F3O3. The standard InChI is InChI=1S/C14H9F3O3/c15-14(16,17)9-5-8(6-10(18)7-9)11-3-1-2-4-12(11)13(19)20/h1-7,18H,(H,19,20). The maximum Gasteiger partial charge on any atom is 0.416 e. The fourth-order valence-electron chi connectivity index (χ4n) is 1.85. The van der Waals surface area contributed by atoms with Crippen LogP contribution in [-0.4, -0.2) is 16.2 Å². The summed E-state index contributed by atoms with van der Waals surface area (Å²) in [6.45, 7) is 0. The summed E-state index contributed by atoms with van der Waals surface area (Å²) < 4.78 is 38.1. The van der Waals surface area contributed by atoms with Gasteiger partial charge in [-0.15, -0.1) is 0 Å². The maximum atomic E-state index is 12.7. The number of carboxylic acid groups (broad SMARTS) is 1. The summed E-state index contributed by atoms with van der Waals surface area (Å²) in [5.74, 6) is -1.83. The van der Waals surface area contributed by atoms with Gasteiger partial charge in [-0.1, -0.05) is 18.2 Å². The lowest BCUT2D eigenvalue weighted by Crippen LogP contribution is -2.05. The van der Waals surface area contributed by atoms with Gasteiger partial charge in [0.2, 0.25) is 0 Å². The number of alkyl halides is 3. The van der Waals surface area contributed by atoms with Gasteiger partial charge in [-0.2, -0.15) is 13.2 Å². The number of phenols is 1. The number of rotatable bonds is 2. The molecule has 0 bridgehead atoms. The minimum Gasteiger partial charge on any atom is -0.508 e. The summed E-state index contributed by atoms with van der Waals surface area (Å²) in [5.41, 5.74) is -1.06. The van der Waals surface area contributed by atoms with E-state index in [1.54, 1.807) is 0 Å². The lowest BCUT2D eigenvalue weighted by molar-refractivity contribution is -0.137. The molecule has 0 aliphatic rings. The SMILES string of the molecule is O=C(O)c1ccccc1-c1cc(O)cc(C(F)(F)F)c1. The second-order valence-electron chi connectivity index (χ2n) is 4.12. The molecule has 0 fully saturated rings. The molecule has 0 aliphatic carbocycles. The number of aromatic carboxylic acids is 1. The van der Waals surface area contributed by atoms with Crippen molar-refractivity contribution in [1.29, 1.82) is 0 Å². The van der Waals surface area contributed by atoms with E-state index in [1.165, 1.54) is 24.3 Å². The van der Waals surface area contributed by atoms with Crippen molar-refractivity contribution in [3.05, 3.63) is 53.6 Å². The lowest BCUT2D eigenvalue weighted by Gasteiger charge is -2.11. The van der Waals surface area contributed by atoms with Gasteiger partial charge < -0.3 is 10.2 Å². The van der Waals surface area contributed by atoms with Crippen LogP contribution < -0.4 is 0 Å². The summed E-state index contributed by atoms with van der Waals surface area (Å²) in [6, 6.07) is 8.15. The smallest absolute Gasteiger partial charge is 0.416 e. The quantitative estimate of drug-likeness (QED) is 0.881. The molecule has 0 atom stereocenters. The Bertz CT molecular complexity index is 663. The van der Waals surface area contributed by atoms with E-state index in [-0.39, 0.29) is 16.7 Å². The van der Waals surface area contributed by atoms with E-state index in [1.807, 2.05) is 0 Å². The highest BCUT2D eigenvalue weighted by molar-refractivity contribution is 5.96. The number of aromatic hydroxyl groups is 1. The number of hydrogen-bond donors (Lipinski definition) is 2. The van der Waals surface area contributed by atoms with Gasteiger partial charge in [-0.05, 0) is 35.4 Å². The van der Waals surface area contributed by atoms with Crippen LogP contribution in [-0.2, 0) is 6.18 Å². The highest BCUT2D eigenvalue weighted by atomic mass is 19.4. The molecule has 2 rings (SSSR count). The van der Waals surface area contributed by atoms with Crippen molar-refractivity contribution in [2.45, 2.75) is 6.18 Å². The molecular weight excluding hydrogens is 273 g/mol. The number of carboxylic acids is 1. The third-order valence-electron chi connectivity index (χ3n) is 2.71. The number of halogens is 3. The topological polar surface area (TPSA) is 57.5 Å². The number of carbonyl (C=O) groups is 1. The highest BCUT2D eigenvalue weighted by Crippen LogP contribution is 2.36. The van der Waals surface area contributed by atoms with Gasteiger partial charge in [0.25, 0.3) is 0 Å². The van der Waals surface area contributed by atoms with Crippen LogP contribution in [0.2, 0.25) is 0 Å². The molecule has 2 aromatic carbocycles. The summed E-state index contributed by atoms with van der Waals surface area (Å²) in [4.78, 5) is 11.1. The minimum atomic E-state index is -4.62. The molecule has 0 saturated carbocycles. The number of phenolic OH excluding ortho intramolecular Hbond substituents is 1. The Hall–Kier alpha value is -2.50. The molecule has 0 aliphatic heterocycles. The van der Waals surface area contributed by atoms with E-state index in [0.29, 0.717) is 6.07 Å².